The summed E-state index contributed by atoms with van der Waals surface area (Å²) >= 11 is 0. The zero-order valence-electron chi connectivity index (χ0n) is 26.2. The van der Waals surface area contributed by atoms with Gasteiger partial charge in [0.15, 0.2) is 17.5 Å². The maximum atomic E-state index is 15.9. The molecule has 2 aliphatic rings. The van der Waals surface area contributed by atoms with Crippen molar-refractivity contribution in [3.05, 3.63) is 157 Å². The molecule has 7 aromatic rings. The van der Waals surface area contributed by atoms with Crippen molar-refractivity contribution >= 4 is 0 Å². The third kappa shape index (κ3) is 5.18. The Labute approximate surface area is 279 Å². The summed E-state index contributed by atoms with van der Waals surface area (Å²) in [5.41, 5.74) is 10.6. The van der Waals surface area contributed by atoms with Crippen LogP contribution in [0.4, 0.5) is 4.39 Å². The molecule has 1 fully saturated rings. The van der Waals surface area contributed by atoms with E-state index in [1.807, 2.05) is 54.6 Å². The van der Waals surface area contributed by atoms with E-state index in [2.05, 4.69) is 77.8 Å². The van der Waals surface area contributed by atoms with E-state index in [4.69, 9.17) is 15.0 Å². The molecule has 0 spiro atoms. The summed E-state index contributed by atoms with van der Waals surface area (Å²) in [6, 6.07) is 44.8. The number of fused-ring (bicyclic) bond motifs is 5. The fourth-order valence-electron chi connectivity index (χ4n) is 7.46. The first-order valence-electron chi connectivity index (χ1n) is 16.5. The topological polar surface area (TPSA) is 51.6 Å². The van der Waals surface area contributed by atoms with Gasteiger partial charge in [-0.15, -0.1) is 0 Å². The smallest absolute Gasteiger partial charge is 0.165 e. The third-order valence-corrected chi connectivity index (χ3v) is 9.86. The van der Waals surface area contributed by atoms with Crippen LogP contribution in [0.3, 0.4) is 0 Å². The number of halogens is 1. The maximum Gasteiger partial charge on any atom is 0.165 e. The van der Waals surface area contributed by atoms with Crippen LogP contribution < -0.4 is 0 Å². The minimum absolute atomic E-state index is 0.354. The van der Waals surface area contributed by atoms with E-state index < -0.39 is 0 Å². The summed E-state index contributed by atoms with van der Waals surface area (Å²) < 4.78 is 15.9. The van der Waals surface area contributed by atoms with Gasteiger partial charge in [0.2, 0.25) is 0 Å². The van der Waals surface area contributed by atoms with E-state index in [0.717, 1.165) is 33.4 Å². The Hall–Kier alpha value is -5.81. The molecule has 2 aromatic heterocycles. The van der Waals surface area contributed by atoms with Gasteiger partial charge in [-0.2, -0.15) is 0 Å². The number of hydrogen-bond acceptors (Lipinski definition) is 4. The van der Waals surface area contributed by atoms with Gasteiger partial charge in [0.05, 0.1) is 0 Å². The van der Waals surface area contributed by atoms with Crippen molar-refractivity contribution in [2.45, 2.75) is 31.1 Å². The first-order chi connectivity index (χ1) is 23.7. The lowest BCUT2D eigenvalue weighted by Gasteiger charge is -2.16. The fraction of sp³-hybridized carbons (Fsp3) is 0.116. The standard InChI is InChI=1S/C43H31FN4/c44-39-25-36(26-45-40(39)34-19-20-37-32-17-18-33(23-32)38(37)24-34)43-47-41(28-11-5-2-6-12-28)46-42(48-43)35-16-8-15-31(22-35)30-14-7-13-29(21-30)27-9-3-1-4-10-27/h1-16,19-22,24-26,32-33H,17-18,23H2. The summed E-state index contributed by atoms with van der Waals surface area (Å²) in [7, 11) is 0. The number of nitrogens with zero attached hydrogens (tertiary/aromatic N) is 4. The second-order valence-electron chi connectivity index (χ2n) is 12.8. The number of rotatable bonds is 6. The second-order valence-corrected chi connectivity index (χ2v) is 12.8. The summed E-state index contributed by atoms with van der Waals surface area (Å²) in [6.45, 7) is 0. The van der Waals surface area contributed by atoms with Crippen LogP contribution in [0.25, 0.3) is 67.7 Å². The minimum atomic E-state index is -0.390. The van der Waals surface area contributed by atoms with Gasteiger partial charge in [0.25, 0.3) is 0 Å². The van der Waals surface area contributed by atoms with Crippen molar-refractivity contribution < 1.29 is 4.39 Å². The second kappa shape index (κ2) is 11.8. The molecule has 0 N–H and O–H groups in total. The Morgan fingerprint density at radius 1 is 0.438 bits per heavy atom. The normalized spacial score (nSPS) is 16.2. The van der Waals surface area contributed by atoms with Crippen LogP contribution in [-0.2, 0) is 0 Å². The average Bonchev–Trinajstić information content (AvgIpc) is 3.79. The summed E-state index contributed by atoms with van der Waals surface area (Å²) in [5, 5.41) is 0. The lowest BCUT2D eigenvalue weighted by atomic mass is 9.90. The number of hydrogen-bond donors (Lipinski definition) is 0. The highest BCUT2D eigenvalue weighted by Gasteiger charge is 2.36. The van der Waals surface area contributed by atoms with E-state index in [1.165, 1.54) is 42.0 Å². The van der Waals surface area contributed by atoms with Crippen molar-refractivity contribution in [3.8, 4) is 67.7 Å². The van der Waals surface area contributed by atoms with Crippen LogP contribution in [0, 0.1) is 5.82 Å². The Kier molecular flexibility index (Phi) is 6.97. The van der Waals surface area contributed by atoms with Crippen molar-refractivity contribution in [1.82, 2.24) is 19.9 Å². The Morgan fingerprint density at radius 2 is 0.979 bits per heavy atom. The number of aromatic nitrogens is 4. The molecule has 0 saturated heterocycles. The Balaban J connectivity index is 1.10. The minimum Gasteiger partial charge on any atom is -0.252 e. The first-order valence-corrected chi connectivity index (χ1v) is 16.5. The highest BCUT2D eigenvalue weighted by atomic mass is 19.1. The Morgan fingerprint density at radius 3 is 1.67 bits per heavy atom. The molecule has 0 amide bonds. The molecule has 48 heavy (non-hydrogen) atoms. The van der Waals surface area contributed by atoms with Crippen LogP contribution in [0.5, 0.6) is 0 Å². The summed E-state index contributed by atoms with van der Waals surface area (Å²) in [4.78, 5) is 19.2. The van der Waals surface area contributed by atoms with E-state index in [1.54, 1.807) is 6.20 Å². The van der Waals surface area contributed by atoms with Gasteiger partial charge in [0.1, 0.15) is 11.5 Å². The van der Waals surface area contributed by atoms with Gasteiger partial charge in [-0.1, -0.05) is 109 Å². The third-order valence-electron chi connectivity index (χ3n) is 9.86. The van der Waals surface area contributed by atoms with E-state index in [-0.39, 0.29) is 5.82 Å². The van der Waals surface area contributed by atoms with Crippen LogP contribution >= 0.6 is 0 Å². The summed E-state index contributed by atoms with van der Waals surface area (Å²) in [5.74, 6) is 2.27. The molecule has 2 heterocycles. The van der Waals surface area contributed by atoms with Crippen molar-refractivity contribution in [2.24, 2.45) is 0 Å². The molecule has 2 atom stereocenters. The van der Waals surface area contributed by atoms with E-state index in [9.17, 15) is 0 Å². The molecule has 9 rings (SSSR count). The van der Waals surface area contributed by atoms with Crippen molar-refractivity contribution in [3.63, 3.8) is 0 Å². The van der Waals surface area contributed by atoms with Crippen LogP contribution in [0.1, 0.15) is 42.2 Å². The van der Waals surface area contributed by atoms with Crippen molar-refractivity contribution in [1.29, 1.82) is 0 Å². The zero-order chi connectivity index (χ0) is 32.0. The molecule has 4 nitrogen and oxygen atoms in total. The van der Waals surface area contributed by atoms with Gasteiger partial charge in [-0.3, -0.25) is 4.98 Å². The highest BCUT2D eigenvalue weighted by Crippen LogP contribution is 2.53. The maximum absolute atomic E-state index is 15.9. The lowest BCUT2D eigenvalue weighted by molar-refractivity contribution is 0.626. The molecule has 230 valence electrons. The molecule has 2 bridgehead atoms. The number of benzene rings is 5. The quantitative estimate of drug-likeness (QED) is 0.185. The molecule has 2 aliphatic carbocycles. The molecule has 2 unspecified atom stereocenters. The molecule has 5 aromatic carbocycles. The van der Waals surface area contributed by atoms with Gasteiger partial charge >= 0.3 is 0 Å². The highest BCUT2D eigenvalue weighted by molar-refractivity contribution is 5.76. The Bertz CT molecular complexity index is 2300. The lowest BCUT2D eigenvalue weighted by Crippen LogP contribution is -2.02. The van der Waals surface area contributed by atoms with Gasteiger partial charge in [-0.05, 0) is 88.7 Å². The molecular formula is C43H31FN4. The molecular weight excluding hydrogens is 591 g/mol. The molecule has 0 radical (unpaired) electrons. The van der Waals surface area contributed by atoms with Crippen molar-refractivity contribution in [2.75, 3.05) is 0 Å². The summed E-state index contributed by atoms with van der Waals surface area (Å²) in [6.07, 6.45) is 5.40. The zero-order valence-corrected chi connectivity index (χ0v) is 26.2. The van der Waals surface area contributed by atoms with Crippen LogP contribution in [-0.4, -0.2) is 19.9 Å². The molecule has 0 aliphatic heterocycles. The largest absolute Gasteiger partial charge is 0.252 e. The number of pyridine rings is 1. The average molecular weight is 623 g/mol. The first kappa shape index (κ1) is 28.4. The van der Waals surface area contributed by atoms with E-state index in [0.29, 0.717) is 40.6 Å². The van der Waals surface area contributed by atoms with Crippen LogP contribution in [0.2, 0.25) is 0 Å². The van der Waals surface area contributed by atoms with Crippen LogP contribution in [0.15, 0.2) is 140 Å². The SMILES string of the molecule is Fc1cc(-c2nc(-c3ccccc3)nc(-c3cccc(-c4cccc(-c5ccccc5)c4)c3)n2)cnc1-c1ccc2c(c1)C1CCC2C1. The van der Waals surface area contributed by atoms with Gasteiger partial charge < -0.3 is 0 Å². The van der Waals surface area contributed by atoms with E-state index >= 15 is 4.39 Å². The predicted octanol–water partition coefficient (Wildman–Crippen LogP) is 10.8. The fourth-order valence-corrected chi connectivity index (χ4v) is 7.46. The van der Waals surface area contributed by atoms with Gasteiger partial charge in [0, 0.05) is 28.5 Å². The monoisotopic (exact) mass is 622 g/mol. The molecule has 1 saturated carbocycles. The van der Waals surface area contributed by atoms with Gasteiger partial charge in [-0.25, -0.2) is 19.3 Å². The predicted molar refractivity (Wildman–Crippen MR) is 190 cm³/mol. The molecule has 5 heteroatoms.